The second-order valence-corrected chi connectivity index (χ2v) is 6.03. The van der Waals surface area contributed by atoms with Crippen LogP contribution in [0.2, 0.25) is 5.02 Å². The normalized spacial score (nSPS) is 13.5. The predicted octanol–water partition coefficient (Wildman–Crippen LogP) is 4.29. The zero-order valence-corrected chi connectivity index (χ0v) is 13.5. The summed E-state index contributed by atoms with van der Waals surface area (Å²) in [7, 11) is 0. The molecule has 0 N–H and O–H groups in total. The van der Waals surface area contributed by atoms with Crippen molar-refractivity contribution in [1.29, 1.82) is 0 Å². The Morgan fingerprint density at radius 1 is 1.50 bits per heavy atom. The molecule has 22 heavy (non-hydrogen) atoms. The molecule has 6 heteroatoms. The Labute approximate surface area is 136 Å². The average Bonchev–Trinajstić information content (AvgIpc) is 2.80. The summed E-state index contributed by atoms with van der Waals surface area (Å²) in [6.45, 7) is 4.45. The van der Waals surface area contributed by atoms with Crippen molar-refractivity contribution in [3.05, 3.63) is 28.9 Å². The van der Waals surface area contributed by atoms with Crippen LogP contribution in [0.15, 0.2) is 18.3 Å². The fourth-order valence-electron chi connectivity index (χ4n) is 2.07. The van der Waals surface area contributed by atoms with Crippen molar-refractivity contribution in [2.75, 3.05) is 6.56 Å². The smallest absolute Gasteiger partial charge is 0.419 e. The first-order chi connectivity index (χ1) is 10.9. The van der Waals surface area contributed by atoms with Gasteiger partial charge in [0.05, 0.1) is 25.4 Å². The maximum absolute atomic E-state index is 12.3. The maximum atomic E-state index is 12.3. The Morgan fingerprint density at radius 2 is 2.18 bits per heavy atom. The van der Waals surface area contributed by atoms with Crippen molar-refractivity contribution in [3.63, 3.8) is 0 Å². The molecule has 0 aliphatic rings. The fraction of sp³-hybridized carbons (Fsp3) is 0.375. The lowest BCUT2D eigenvalue weighted by atomic mass is 10.1. The molecule has 0 saturated heterocycles. The first-order valence-corrected chi connectivity index (χ1v) is 7.02. The van der Waals surface area contributed by atoms with Crippen LogP contribution in [0.25, 0.3) is 10.9 Å². The van der Waals surface area contributed by atoms with Gasteiger partial charge in [-0.2, -0.15) is 0 Å². The third-order valence-electron chi connectivity index (χ3n) is 2.85. The summed E-state index contributed by atoms with van der Waals surface area (Å²) in [6, 6.07) is 2.85. The Morgan fingerprint density at radius 3 is 2.73 bits per heavy atom. The molecule has 1 heterocycles. The van der Waals surface area contributed by atoms with Gasteiger partial charge in [0.1, 0.15) is 11.4 Å². The molecule has 0 atom stereocenters. The van der Waals surface area contributed by atoms with E-state index in [1.807, 2.05) is 0 Å². The second kappa shape index (κ2) is 6.01. The van der Waals surface area contributed by atoms with E-state index in [2.05, 4.69) is 0 Å². The van der Waals surface area contributed by atoms with E-state index in [4.69, 9.17) is 23.8 Å². The van der Waals surface area contributed by atoms with Crippen LogP contribution in [0.4, 0.5) is 4.79 Å². The minimum absolute atomic E-state index is 0.0111. The molecule has 0 spiro atoms. The van der Waals surface area contributed by atoms with Crippen molar-refractivity contribution in [3.8, 4) is 5.75 Å². The SMILES string of the molecule is [2H]C([2H])(C)Oc1cc(Cl)c2c(ccn2C(=O)OC(C)(C)C)c1C=O. The van der Waals surface area contributed by atoms with Gasteiger partial charge in [-0.1, -0.05) is 11.6 Å². The third-order valence-corrected chi connectivity index (χ3v) is 3.13. The number of rotatable bonds is 3. The summed E-state index contributed by atoms with van der Waals surface area (Å²) < 4.78 is 26.7. The van der Waals surface area contributed by atoms with Gasteiger partial charge in [0.15, 0.2) is 6.29 Å². The molecule has 0 aliphatic carbocycles. The van der Waals surface area contributed by atoms with Crippen molar-refractivity contribution >= 4 is 34.9 Å². The molecular formula is C16H18ClNO4. The number of halogens is 1. The number of aldehydes is 1. The molecule has 0 saturated carbocycles. The first kappa shape index (κ1) is 13.6. The first-order valence-electron chi connectivity index (χ1n) is 7.64. The van der Waals surface area contributed by atoms with E-state index < -0.39 is 18.3 Å². The molecule has 2 aromatic rings. The fourth-order valence-corrected chi connectivity index (χ4v) is 2.36. The van der Waals surface area contributed by atoms with E-state index in [-0.39, 0.29) is 16.3 Å². The lowest BCUT2D eigenvalue weighted by Gasteiger charge is -2.20. The van der Waals surface area contributed by atoms with Crippen molar-refractivity contribution in [1.82, 2.24) is 4.57 Å². The minimum Gasteiger partial charge on any atom is -0.493 e. The summed E-state index contributed by atoms with van der Waals surface area (Å²) in [5.74, 6) is 0.0111. The largest absolute Gasteiger partial charge is 0.493 e. The van der Waals surface area contributed by atoms with Crippen LogP contribution in [0.3, 0.4) is 0 Å². The van der Waals surface area contributed by atoms with Gasteiger partial charge in [-0.3, -0.25) is 9.36 Å². The van der Waals surface area contributed by atoms with Gasteiger partial charge in [-0.25, -0.2) is 4.79 Å². The van der Waals surface area contributed by atoms with Gasteiger partial charge in [0.25, 0.3) is 0 Å². The lowest BCUT2D eigenvalue weighted by molar-refractivity contribution is 0.0544. The Hall–Kier alpha value is -2.01. The zero-order valence-electron chi connectivity index (χ0n) is 14.8. The number of nitrogens with zero attached hydrogens (tertiary/aromatic N) is 1. The van der Waals surface area contributed by atoms with E-state index in [9.17, 15) is 9.59 Å². The molecule has 1 aromatic carbocycles. The number of fused-ring (bicyclic) bond motifs is 1. The Kier molecular flexibility index (Phi) is 3.72. The van der Waals surface area contributed by atoms with E-state index in [0.29, 0.717) is 17.2 Å². The summed E-state index contributed by atoms with van der Waals surface area (Å²) in [5, 5.41) is 0.522. The highest BCUT2D eigenvalue weighted by atomic mass is 35.5. The van der Waals surface area contributed by atoms with E-state index >= 15 is 0 Å². The van der Waals surface area contributed by atoms with Crippen molar-refractivity contribution in [2.45, 2.75) is 33.3 Å². The van der Waals surface area contributed by atoms with Gasteiger partial charge in [0.2, 0.25) is 0 Å². The second-order valence-electron chi connectivity index (χ2n) is 5.62. The van der Waals surface area contributed by atoms with Crippen LogP contribution in [-0.2, 0) is 4.74 Å². The maximum Gasteiger partial charge on any atom is 0.419 e. The quantitative estimate of drug-likeness (QED) is 0.790. The number of hydrogen-bond acceptors (Lipinski definition) is 4. The molecule has 0 aliphatic heterocycles. The Bertz CT molecular complexity index is 803. The van der Waals surface area contributed by atoms with Gasteiger partial charge < -0.3 is 9.47 Å². The van der Waals surface area contributed by atoms with Crippen LogP contribution in [-0.4, -0.2) is 29.1 Å². The molecule has 0 amide bonds. The molecule has 0 radical (unpaired) electrons. The number of ether oxygens (including phenoxy) is 2. The Balaban J connectivity index is 2.61. The molecule has 1 aromatic heterocycles. The van der Waals surface area contributed by atoms with Crippen molar-refractivity contribution in [2.24, 2.45) is 0 Å². The van der Waals surface area contributed by atoms with Crippen LogP contribution < -0.4 is 4.74 Å². The van der Waals surface area contributed by atoms with Gasteiger partial charge >= 0.3 is 6.09 Å². The van der Waals surface area contributed by atoms with E-state index in [1.165, 1.54) is 29.8 Å². The molecule has 0 bridgehead atoms. The van der Waals surface area contributed by atoms with Gasteiger partial charge in [-0.05, 0) is 33.8 Å². The molecule has 0 unspecified atom stereocenters. The standard InChI is InChI=1S/C16H18ClNO4/c1-5-21-13-8-12(17)14-10(11(13)9-19)6-7-18(14)15(20)22-16(2,3)4/h6-9H,5H2,1-4H3/i5D2. The van der Waals surface area contributed by atoms with Gasteiger partial charge in [0, 0.05) is 17.6 Å². The average molecular weight is 326 g/mol. The summed E-state index contributed by atoms with van der Waals surface area (Å²) >= 11 is 6.23. The molecule has 5 nitrogen and oxygen atoms in total. The highest BCUT2D eigenvalue weighted by molar-refractivity contribution is 6.36. The lowest BCUT2D eigenvalue weighted by Crippen LogP contribution is -2.26. The number of carbonyl (C=O) groups is 2. The topological polar surface area (TPSA) is 57.5 Å². The highest BCUT2D eigenvalue weighted by Crippen LogP contribution is 2.34. The van der Waals surface area contributed by atoms with E-state index in [0.717, 1.165) is 0 Å². The summed E-state index contributed by atoms with van der Waals surface area (Å²) in [6.07, 6.45) is 1.36. The van der Waals surface area contributed by atoms with Crippen LogP contribution >= 0.6 is 11.6 Å². The molecule has 2 rings (SSSR count). The summed E-state index contributed by atoms with van der Waals surface area (Å²) in [4.78, 5) is 23.8. The number of carbonyl (C=O) groups excluding carboxylic acids is 2. The van der Waals surface area contributed by atoms with Crippen LogP contribution in [0.5, 0.6) is 5.75 Å². The zero-order chi connectivity index (χ0) is 18.3. The van der Waals surface area contributed by atoms with Crippen LogP contribution in [0, 0.1) is 0 Å². The third kappa shape index (κ3) is 3.09. The predicted molar refractivity (Wildman–Crippen MR) is 85.1 cm³/mol. The minimum atomic E-state index is -1.98. The molecule has 0 fully saturated rings. The van der Waals surface area contributed by atoms with Crippen molar-refractivity contribution < 1.29 is 21.8 Å². The van der Waals surface area contributed by atoms with Gasteiger partial charge in [-0.15, -0.1) is 0 Å². The molecule has 118 valence electrons. The van der Waals surface area contributed by atoms with Crippen LogP contribution in [0.1, 0.15) is 40.8 Å². The summed E-state index contributed by atoms with van der Waals surface area (Å²) in [5.41, 5.74) is -0.269. The number of benzene rings is 1. The monoisotopic (exact) mass is 325 g/mol. The highest BCUT2D eigenvalue weighted by Gasteiger charge is 2.22. The van der Waals surface area contributed by atoms with E-state index in [1.54, 1.807) is 20.8 Å². The number of aromatic nitrogens is 1. The molecular weight excluding hydrogens is 306 g/mol. The number of hydrogen-bond donors (Lipinski definition) is 0.